The Bertz CT molecular complexity index is 1690. The van der Waals surface area contributed by atoms with Gasteiger partial charge < -0.3 is 9.80 Å². The summed E-state index contributed by atoms with van der Waals surface area (Å²) in [6, 6.07) is 43.4. The van der Waals surface area contributed by atoms with E-state index in [2.05, 4.69) is 149 Å². The molecule has 218 valence electrons. The number of benzene rings is 4. The van der Waals surface area contributed by atoms with E-state index in [0.717, 1.165) is 47.0 Å². The Morgan fingerprint density at radius 1 is 0.455 bits per heavy atom. The standard InChI is InChI=1S/C20H18N2.C20H20N2/c1-15-14-20(12-13-21-15)22-18-8-4-16(5-9-18)2-3-17-6-10-19(22)11-7-17;1-15-4-8-18(9-5-15)22(19-10-6-16(2)7-11-19)20-12-13-21-17(3)14-20/h4-14H,2-3H2,1H3;4-14H,1-3H3. The molecule has 4 aliphatic rings. The van der Waals surface area contributed by atoms with E-state index in [4.69, 9.17) is 0 Å². The zero-order chi connectivity index (χ0) is 30.5. The van der Waals surface area contributed by atoms with E-state index in [1.165, 1.54) is 33.6 Å². The molecule has 2 aromatic heterocycles. The number of hydrogen-bond donors (Lipinski definition) is 0. The van der Waals surface area contributed by atoms with Crippen molar-refractivity contribution >= 4 is 34.1 Å². The van der Waals surface area contributed by atoms with Gasteiger partial charge in [0.2, 0.25) is 0 Å². The maximum absolute atomic E-state index is 4.32. The number of aromatic nitrogens is 2. The van der Waals surface area contributed by atoms with Crippen LogP contribution in [0.2, 0.25) is 0 Å². The summed E-state index contributed by atoms with van der Waals surface area (Å²) in [6.45, 7) is 8.27. The van der Waals surface area contributed by atoms with Gasteiger partial charge in [0.25, 0.3) is 0 Å². The molecular weight excluding hydrogens is 536 g/mol. The lowest BCUT2D eigenvalue weighted by molar-refractivity contribution is 0.962. The molecule has 0 radical (unpaired) electrons. The highest BCUT2D eigenvalue weighted by atomic mass is 15.1. The van der Waals surface area contributed by atoms with Crippen LogP contribution in [0.4, 0.5) is 34.1 Å². The van der Waals surface area contributed by atoms with Crippen molar-refractivity contribution in [3.63, 3.8) is 0 Å². The second-order valence-corrected chi connectivity index (χ2v) is 11.5. The molecule has 0 N–H and O–H groups in total. The fourth-order valence-electron chi connectivity index (χ4n) is 5.53. The molecule has 4 bridgehead atoms. The number of nitrogens with zero attached hydrogens (tertiary/aromatic N) is 4. The van der Waals surface area contributed by atoms with Crippen LogP contribution in [-0.2, 0) is 12.8 Å². The Morgan fingerprint density at radius 2 is 0.909 bits per heavy atom. The van der Waals surface area contributed by atoms with Gasteiger partial charge in [-0.2, -0.15) is 0 Å². The van der Waals surface area contributed by atoms with Crippen LogP contribution in [-0.4, -0.2) is 9.97 Å². The summed E-state index contributed by atoms with van der Waals surface area (Å²) in [4.78, 5) is 13.2. The van der Waals surface area contributed by atoms with Crippen LogP contribution in [0.5, 0.6) is 0 Å². The number of anilines is 6. The van der Waals surface area contributed by atoms with Crippen molar-refractivity contribution in [3.05, 3.63) is 167 Å². The second kappa shape index (κ2) is 13.0. The van der Waals surface area contributed by atoms with Crippen molar-refractivity contribution in [1.29, 1.82) is 0 Å². The van der Waals surface area contributed by atoms with E-state index in [-0.39, 0.29) is 0 Å². The normalized spacial score (nSPS) is 11.9. The van der Waals surface area contributed by atoms with Crippen molar-refractivity contribution in [2.24, 2.45) is 0 Å². The molecule has 6 heterocycles. The number of pyridine rings is 2. The van der Waals surface area contributed by atoms with Gasteiger partial charge in [-0.15, -0.1) is 0 Å². The third kappa shape index (κ3) is 6.71. The Hall–Kier alpha value is -5.22. The van der Waals surface area contributed by atoms with Crippen molar-refractivity contribution in [3.8, 4) is 0 Å². The van der Waals surface area contributed by atoms with E-state index in [1.54, 1.807) is 0 Å². The predicted molar refractivity (Wildman–Crippen MR) is 184 cm³/mol. The van der Waals surface area contributed by atoms with Crippen LogP contribution in [0.3, 0.4) is 0 Å². The quantitative estimate of drug-likeness (QED) is 0.210. The highest BCUT2D eigenvalue weighted by Gasteiger charge is 2.15. The third-order valence-corrected chi connectivity index (χ3v) is 7.95. The molecule has 4 nitrogen and oxygen atoms in total. The molecule has 0 saturated carbocycles. The first-order valence-corrected chi connectivity index (χ1v) is 15.2. The minimum Gasteiger partial charge on any atom is -0.310 e. The van der Waals surface area contributed by atoms with E-state index < -0.39 is 0 Å². The maximum atomic E-state index is 4.32. The summed E-state index contributed by atoms with van der Waals surface area (Å²) >= 11 is 0. The van der Waals surface area contributed by atoms with Gasteiger partial charge in [0.15, 0.2) is 0 Å². The van der Waals surface area contributed by atoms with Crippen LogP contribution < -0.4 is 9.80 Å². The summed E-state index contributed by atoms with van der Waals surface area (Å²) in [5, 5.41) is 0. The van der Waals surface area contributed by atoms with Gasteiger partial charge in [0.1, 0.15) is 0 Å². The van der Waals surface area contributed by atoms with E-state index in [9.17, 15) is 0 Å². The molecule has 10 rings (SSSR count). The molecule has 4 heteroatoms. The molecule has 6 aromatic rings. The van der Waals surface area contributed by atoms with E-state index >= 15 is 0 Å². The SMILES string of the molecule is Cc1cc(N2c3ccc(cc3)CCc3ccc2cc3)ccn1.Cc1ccc(N(c2ccc(C)cc2)c2ccnc(C)c2)cc1. The van der Waals surface area contributed by atoms with Crippen molar-refractivity contribution in [1.82, 2.24) is 9.97 Å². The lowest BCUT2D eigenvalue weighted by Gasteiger charge is -2.25. The first-order chi connectivity index (χ1) is 21.4. The minimum absolute atomic E-state index is 1.02. The Labute approximate surface area is 261 Å². The number of rotatable bonds is 4. The average Bonchev–Trinajstić information content (AvgIpc) is 3.13. The van der Waals surface area contributed by atoms with Gasteiger partial charge >= 0.3 is 0 Å². The molecule has 0 spiro atoms. The summed E-state index contributed by atoms with van der Waals surface area (Å²) in [5.74, 6) is 0. The van der Waals surface area contributed by atoms with Gasteiger partial charge in [0.05, 0.1) is 0 Å². The summed E-state index contributed by atoms with van der Waals surface area (Å²) in [6.07, 6.45) is 5.92. The lowest BCUT2D eigenvalue weighted by atomic mass is 10.0. The number of aryl methyl sites for hydroxylation is 6. The monoisotopic (exact) mass is 574 g/mol. The van der Waals surface area contributed by atoms with Crippen molar-refractivity contribution < 1.29 is 0 Å². The third-order valence-electron chi connectivity index (χ3n) is 7.95. The van der Waals surface area contributed by atoms with Crippen LogP contribution in [0.1, 0.15) is 33.6 Å². The fourth-order valence-corrected chi connectivity index (χ4v) is 5.53. The Balaban J connectivity index is 0.000000156. The Kier molecular flexibility index (Phi) is 8.51. The Morgan fingerprint density at radius 3 is 1.36 bits per heavy atom. The van der Waals surface area contributed by atoms with E-state index in [1.807, 2.05) is 32.3 Å². The maximum Gasteiger partial charge on any atom is 0.0494 e. The first kappa shape index (κ1) is 28.9. The van der Waals surface area contributed by atoms with Crippen LogP contribution in [0.15, 0.2) is 134 Å². The van der Waals surface area contributed by atoms with Crippen LogP contribution in [0, 0.1) is 27.7 Å². The molecule has 0 amide bonds. The van der Waals surface area contributed by atoms with Gasteiger partial charge in [-0.3, -0.25) is 9.97 Å². The molecule has 0 saturated heterocycles. The molecule has 0 atom stereocenters. The second-order valence-electron chi connectivity index (χ2n) is 11.5. The van der Waals surface area contributed by atoms with Gasteiger partial charge in [-0.1, -0.05) is 59.7 Å². The average molecular weight is 575 g/mol. The van der Waals surface area contributed by atoms with Crippen LogP contribution in [0.25, 0.3) is 0 Å². The first-order valence-electron chi connectivity index (χ1n) is 15.2. The highest BCUT2D eigenvalue weighted by molar-refractivity contribution is 5.77. The summed E-state index contributed by atoms with van der Waals surface area (Å²) in [5.41, 5.74) is 14.3. The molecule has 4 aliphatic heterocycles. The van der Waals surface area contributed by atoms with Gasteiger partial charge in [-0.05, 0) is 124 Å². The molecule has 4 aromatic carbocycles. The zero-order valence-electron chi connectivity index (χ0n) is 25.9. The fraction of sp³-hybridized carbons (Fsp3) is 0.150. The topological polar surface area (TPSA) is 32.3 Å². The molecule has 0 unspecified atom stereocenters. The lowest BCUT2D eigenvalue weighted by Crippen LogP contribution is -2.10. The zero-order valence-corrected chi connectivity index (χ0v) is 25.9. The smallest absolute Gasteiger partial charge is 0.0494 e. The van der Waals surface area contributed by atoms with Crippen molar-refractivity contribution in [2.45, 2.75) is 40.5 Å². The summed E-state index contributed by atoms with van der Waals surface area (Å²) < 4.78 is 0. The van der Waals surface area contributed by atoms with Crippen LogP contribution >= 0.6 is 0 Å². The molecular formula is C40H38N4. The largest absolute Gasteiger partial charge is 0.310 e. The minimum atomic E-state index is 1.02. The van der Waals surface area contributed by atoms with E-state index in [0.29, 0.717) is 0 Å². The molecule has 44 heavy (non-hydrogen) atoms. The van der Waals surface area contributed by atoms with Gasteiger partial charge in [0, 0.05) is 57.9 Å². The molecule has 0 fully saturated rings. The molecule has 0 aliphatic carbocycles. The number of hydrogen-bond acceptors (Lipinski definition) is 4. The highest BCUT2D eigenvalue weighted by Crippen LogP contribution is 2.36. The predicted octanol–water partition coefficient (Wildman–Crippen LogP) is 10.4. The summed E-state index contributed by atoms with van der Waals surface area (Å²) in [7, 11) is 0. The van der Waals surface area contributed by atoms with Gasteiger partial charge in [-0.25, -0.2) is 0 Å². The van der Waals surface area contributed by atoms with Crippen molar-refractivity contribution in [2.75, 3.05) is 9.80 Å².